The minimum atomic E-state index is -2.88. The summed E-state index contributed by atoms with van der Waals surface area (Å²) in [7, 11) is -0.995. The van der Waals surface area contributed by atoms with Crippen molar-refractivity contribution >= 4 is 21.4 Å². The Kier molecular flexibility index (Phi) is 5.68. The molecule has 1 unspecified atom stereocenters. The van der Waals surface area contributed by atoms with Crippen molar-refractivity contribution < 1.29 is 8.42 Å². The molecule has 0 saturated carbocycles. The van der Waals surface area contributed by atoms with Crippen molar-refractivity contribution in [2.24, 2.45) is 0 Å². The third-order valence-electron chi connectivity index (χ3n) is 2.76. The van der Waals surface area contributed by atoms with Gasteiger partial charge in [-0.2, -0.15) is 0 Å². The van der Waals surface area contributed by atoms with Gasteiger partial charge in [-0.3, -0.25) is 0 Å². The summed E-state index contributed by atoms with van der Waals surface area (Å²) in [5.41, 5.74) is 1.01. The zero-order valence-electron chi connectivity index (χ0n) is 11.3. The zero-order chi connectivity index (χ0) is 13.8. The van der Waals surface area contributed by atoms with Crippen LogP contribution in [0.25, 0.3) is 0 Å². The molecule has 1 heterocycles. The summed E-state index contributed by atoms with van der Waals surface area (Å²) in [6.07, 6.45) is 2.71. The van der Waals surface area contributed by atoms with Gasteiger partial charge in [0.25, 0.3) is 0 Å². The monoisotopic (exact) mass is 291 g/mol. The molecule has 18 heavy (non-hydrogen) atoms. The fourth-order valence-corrected chi connectivity index (χ4v) is 3.44. The van der Waals surface area contributed by atoms with E-state index in [4.69, 9.17) is 0 Å². The van der Waals surface area contributed by atoms with Gasteiger partial charge in [-0.1, -0.05) is 18.3 Å². The fourth-order valence-electron chi connectivity index (χ4n) is 1.80. The maximum absolute atomic E-state index is 11.1. The molecule has 0 aliphatic heterocycles. The lowest BCUT2D eigenvalue weighted by Gasteiger charge is -2.16. The van der Waals surface area contributed by atoms with Crippen LogP contribution in [0.2, 0.25) is 0 Å². The maximum Gasteiger partial charge on any atom is 0.147 e. The molecule has 0 aliphatic rings. The quantitative estimate of drug-likeness (QED) is 0.828. The molecule has 0 spiro atoms. The Balaban J connectivity index is 2.68. The Morgan fingerprint density at radius 2 is 2.06 bits per heavy atom. The maximum atomic E-state index is 11.1. The molecular weight excluding hydrogens is 270 g/mol. The molecular formula is C11H21N3O2S2. The highest BCUT2D eigenvalue weighted by molar-refractivity contribution is 7.90. The standard InChI is InChI=1S/C11H21N3O2S2/c1-8(2)10-11(17-14-13-10)9(12-3)6-5-7-18(4,15)16/h8-9,12H,5-7H2,1-4H3. The molecule has 0 bridgehead atoms. The molecule has 104 valence electrons. The lowest BCUT2D eigenvalue weighted by atomic mass is 10.0. The third kappa shape index (κ3) is 4.62. The molecule has 0 saturated heterocycles. The van der Waals surface area contributed by atoms with Crippen LogP contribution in [-0.2, 0) is 9.84 Å². The first-order valence-electron chi connectivity index (χ1n) is 6.02. The molecule has 1 N–H and O–H groups in total. The molecule has 1 aromatic heterocycles. The average Bonchev–Trinajstić information content (AvgIpc) is 2.71. The first-order valence-corrected chi connectivity index (χ1v) is 8.85. The van der Waals surface area contributed by atoms with E-state index < -0.39 is 9.84 Å². The Morgan fingerprint density at radius 1 is 1.39 bits per heavy atom. The van der Waals surface area contributed by atoms with Gasteiger partial charge in [0, 0.05) is 18.1 Å². The molecule has 0 aliphatic carbocycles. The van der Waals surface area contributed by atoms with Crippen LogP contribution < -0.4 is 5.32 Å². The number of hydrogen-bond donors (Lipinski definition) is 1. The minimum Gasteiger partial charge on any atom is -0.312 e. The Labute approximate surface area is 113 Å². The van der Waals surface area contributed by atoms with Crippen LogP contribution in [0.1, 0.15) is 49.2 Å². The summed E-state index contributed by atoms with van der Waals surface area (Å²) < 4.78 is 26.2. The van der Waals surface area contributed by atoms with Crippen LogP contribution in [0, 0.1) is 0 Å². The second-order valence-electron chi connectivity index (χ2n) is 4.79. The predicted molar refractivity (Wildman–Crippen MR) is 74.7 cm³/mol. The number of hydrogen-bond acceptors (Lipinski definition) is 6. The van der Waals surface area contributed by atoms with Crippen LogP contribution in [0.5, 0.6) is 0 Å². The van der Waals surface area contributed by atoms with Crippen molar-refractivity contribution in [3.8, 4) is 0 Å². The molecule has 0 aromatic carbocycles. The lowest BCUT2D eigenvalue weighted by Crippen LogP contribution is -2.18. The molecule has 0 amide bonds. The second kappa shape index (κ2) is 6.58. The van der Waals surface area contributed by atoms with Crippen molar-refractivity contribution in [2.45, 2.75) is 38.6 Å². The number of rotatable bonds is 7. The Morgan fingerprint density at radius 3 is 2.56 bits per heavy atom. The van der Waals surface area contributed by atoms with Gasteiger partial charge in [0.15, 0.2) is 0 Å². The highest BCUT2D eigenvalue weighted by atomic mass is 32.2. The molecule has 1 atom stereocenters. The highest BCUT2D eigenvalue weighted by Gasteiger charge is 2.20. The molecule has 0 radical (unpaired) electrons. The van der Waals surface area contributed by atoms with E-state index in [-0.39, 0.29) is 11.8 Å². The second-order valence-corrected chi connectivity index (χ2v) is 7.84. The molecule has 1 rings (SSSR count). The van der Waals surface area contributed by atoms with E-state index in [1.54, 1.807) is 0 Å². The summed E-state index contributed by atoms with van der Waals surface area (Å²) in [6.45, 7) is 4.17. The van der Waals surface area contributed by atoms with Crippen molar-refractivity contribution in [2.75, 3.05) is 19.1 Å². The van der Waals surface area contributed by atoms with Crippen LogP contribution in [0.15, 0.2) is 0 Å². The van der Waals surface area contributed by atoms with Crippen molar-refractivity contribution in [3.05, 3.63) is 10.6 Å². The first-order chi connectivity index (χ1) is 8.35. The van der Waals surface area contributed by atoms with Crippen LogP contribution in [0.4, 0.5) is 0 Å². The highest BCUT2D eigenvalue weighted by Crippen LogP contribution is 2.28. The molecule has 0 fully saturated rings. The predicted octanol–water partition coefficient (Wildman–Crippen LogP) is 1.75. The van der Waals surface area contributed by atoms with Crippen LogP contribution in [0.3, 0.4) is 0 Å². The van der Waals surface area contributed by atoms with Gasteiger partial charge in [-0.15, -0.1) is 5.10 Å². The first kappa shape index (κ1) is 15.5. The van der Waals surface area contributed by atoms with Crippen LogP contribution >= 0.6 is 11.5 Å². The van der Waals surface area contributed by atoms with E-state index in [0.29, 0.717) is 12.3 Å². The normalized spacial score (nSPS) is 14.1. The lowest BCUT2D eigenvalue weighted by molar-refractivity contribution is 0.536. The van der Waals surface area contributed by atoms with E-state index in [1.165, 1.54) is 17.8 Å². The minimum absolute atomic E-state index is 0.143. The topological polar surface area (TPSA) is 72.0 Å². The van der Waals surface area contributed by atoms with Gasteiger partial charge in [-0.05, 0) is 37.3 Å². The van der Waals surface area contributed by atoms with Gasteiger partial charge in [0.05, 0.1) is 10.6 Å². The Hall–Kier alpha value is -0.530. The molecule has 5 nitrogen and oxygen atoms in total. The third-order valence-corrected chi connectivity index (χ3v) is 4.64. The van der Waals surface area contributed by atoms with E-state index in [0.717, 1.165) is 17.0 Å². The van der Waals surface area contributed by atoms with E-state index in [9.17, 15) is 8.42 Å². The van der Waals surface area contributed by atoms with Gasteiger partial charge >= 0.3 is 0 Å². The van der Waals surface area contributed by atoms with Crippen molar-refractivity contribution in [1.29, 1.82) is 0 Å². The largest absolute Gasteiger partial charge is 0.312 e. The van der Waals surface area contributed by atoms with Gasteiger partial charge in [0.2, 0.25) is 0 Å². The summed E-state index contributed by atoms with van der Waals surface area (Å²) in [5.74, 6) is 0.568. The summed E-state index contributed by atoms with van der Waals surface area (Å²) >= 11 is 1.40. The summed E-state index contributed by atoms with van der Waals surface area (Å²) in [4.78, 5) is 1.13. The van der Waals surface area contributed by atoms with Crippen LogP contribution in [-0.4, -0.2) is 37.1 Å². The van der Waals surface area contributed by atoms with Crippen molar-refractivity contribution in [1.82, 2.24) is 14.9 Å². The molecule has 1 aromatic rings. The fraction of sp³-hybridized carbons (Fsp3) is 0.818. The summed E-state index contributed by atoms with van der Waals surface area (Å²) in [5, 5.41) is 7.37. The van der Waals surface area contributed by atoms with Gasteiger partial charge in [-0.25, -0.2) is 8.42 Å². The van der Waals surface area contributed by atoms with E-state index in [2.05, 4.69) is 28.8 Å². The molecule has 7 heteroatoms. The zero-order valence-corrected chi connectivity index (χ0v) is 12.9. The SMILES string of the molecule is CNC(CCCS(C)(=O)=O)c1snnc1C(C)C. The van der Waals surface area contributed by atoms with E-state index in [1.807, 2.05) is 7.05 Å². The van der Waals surface area contributed by atoms with E-state index >= 15 is 0 Å². The average molecular weight is 291 g/mol. The van der Waals surface area contributed by atoms with Gasteiger partial charge in [0.1, 0.15) is 9.84 Å². The number of sulfone groups is 1. The number of aromatic nitrogens is 2. The smallest absolute Gasteiger partial charge is 0.147 e. The van der Waals surface area contributed by atoms with Gasteiger partial charge < -0.3 is 5.32 Å². The van der Waals surface area contributed by atoms with Crippen molar-refractivity contribution in [3.63, 3.8) is 0 Å². The summed E-state index contributed by atoms with van der Waals surface area (Å²) in [6, 6.07) is 0.143. The number of nitrogens with one attached hydrogen (secondary N) is 1. The number of nitrogens with zero attached hydrogens (tertiary/aromatic N) is 2. The Bertz CT molecular complexity index is 468.